The fourth-order valence-corrected chi connectivity index (χ4v) is 2.87. The summed E-state index contributed by atoms with van der Waals surface area (Å²) in [6.45, 7) is 0.975. The van der Waals surface area contributed by atoms with Gasteiger partial charge in [0.25, 0.3) is 0 Å². The third kappa shape index (κ3) is 2.68. The molecule has 2 aliphatic rings. The van der Waals surface area contributed by atoms with Crippen LogP contribution in [0.5, 0.6) is 0 Å². The number of carbonyl (C=O) groups is 1. The molecule has 1 aromatic carbocycles. The van der Waals surface area contributed by atoms with Crippen molar-refractivity contribution in [2.24, 2.45) is 0 Å². The lowest BCUT2D eigenvalue weighted by Crippen LogP contribution is -2.45. The Morgan fingerprint density at radius 1 is 1.22 bits per heavy atom. The minimum atomic E-state index is 0. The van der Waals surface area contributed by atoms with Crippen LogP contribution in [-0.2, 0) is 17.6 Å². The third-order valence-electron chi connectivity index (χ3n) is 3.77. The molecule has 1 aromatic rings. The van der Waals surface area contributed by atoms with Gasteiger partial charge in [-0.25, -0.2) is 0 Å². The number of hydrogen-bond acceptors (Lipinski definition) is 2. The van der Waals surface area contributed by atoms with E-state index in [1.54, 1.807) is 0 Å². The zero-order valence-electron chi connectivity index (χ0n) is 10.3. The summed E-state index contributed by atoms with van der Waals surface area (Å²) in [6.07, 6.45) is 4.05. The second-order valence-corrected chi connectivity index (χ2v) is 5.03. The Hall–Kier alpha value is -1.06. The minimum absolute atomic E-state index is 0. The number of carbonyl (C=O) groups excluding carboxylic acids is 1. The van der Waals surface area contributed by atoms with Gasteiger partial charge in [0.05, 0.1) is 6.04 Å². The maximum Gasteiger partial charge on any atom is 0.237 e. The number of nitrogens with one attached hydrogen (secondary N) is 2. The lowest BCUT2D eigenvalue weighted by molar-refractivity contribution is -0.123. The van der Waals surface area contributed by atoms with Crippen molar-refractivity contribution in [3.63, 3.8) is 0 Å². The Balaban J connectivity index is 0.00000120. The number of amides is 1. The van der Waals surface area contributed by atoms with Crippen molar-refractivity contribution >= 4 is 18.3 Å². The molecular formula is C14H19ClN2O. The van der Waals surface area contributed by atoms with Gasteiger partial charge in [0.15, 0.2) is 0 Å². The maximum atomic E-state index is 12.0. The molecule has 3 nitrogen and oxygen atoms in total. The molecule has 1 saturated heterocycles. The zero-order valence-corrected chi connectivity index (χ0v) is 11.1. The number of rotatable bonds is 2. The molecule has 1 aliphatic carbocycles. The van der Waals surface area contributed by atoms with Gasteiger partial charge < -0.3 is 10.6 Å². The predicted molar refractivity (Wildman–Crippen MR) is 74.1 cm³/mol. The molecule has 3 rings (SSSR count). The maximum absolute atomic E-state index is 12.0. The minimum Gasteiger partial charge on any atom is -0.351 e. The van der Waals surface area contributed by atoms with Crippen molar-refractivity contribution in [1.29, 1.82) is 0 Å². The first-order chi connectivity index (χ1) is 8.33. The van der Waals surface area contributed by atoms with Gasteiger partial charge >= 0.3 is 0 Å². The average Bonchev–Trinajstić information content (AvgIpc) is 2.97. The molecule has 98 valence electrons. The van der Waals surface area contributed by atoms with E-state index in [4.69, 9.17) is 0 Å². The van der Waals surface area contributed by atoms with Gasteiger partial charge in [-0.05, 0) is 43.4 Å². The number of benzene rings is 1. The summed E-state index contributed by atoms with van der Waals surface area (Å²) in [5.74, 6) is 0.181. The van der Waals surface area contributed by atoms with Gasteiger partial charge in [-0.15, -0.1) is 12.4 Å². The predicted octanol–water partition coefficient (Wildman–Crippen LogP) is 1.44. The second kappa shape index (κ2) is 5.72. The van der Waals surface area contributed by atoms with Crippen LogP contribution in [0.2, 0.25) is 0 Å². The largest absolute Gasteiger partial charge is 0.351 e. The first-order valence-electron chi connectivity index (χ1n) is 6.43. The van der Waals surface area contributed by atoms with Crippen LogP contribution in [0.25, 0.3) is 0 Å². The zero-order chi connectivity index (χ0) is 11.7. The highest BCUT2D eigenvalue weighted by Crippen LogP contribution is 2.21. The van der Waals surface area contributed by atoms with E-state index >= 15 is 0 Å². The van der Waals surface area contributed by atoms with Crippen LogP contribution in [0.15, 0.2) is 24.3 Å². The third-order valence-corrected chi connectivity index (χ3v) is 3.77. The Kier molecular flexibility index (Phi) is 4.25. The number of halogens is 1. The van der Waals surface area contributed by atoms with Crippen LogP contribution >= 0.6 is 12.4 Å². The van der Waals surface area contributed by atoms with Gasteiger partial charge in [0, 0.05) is 6.04 Å². The van der Waals surface area contributed by atoms with E-state index < -0.39 is 0 Å². The summed E-state index contributed by atoms with van der Waals surface area (Å²) in [4.78, 5) is 12.0. The van der Waals surface area contributed by atoms with E-state index in [1.165, 1.54) is 11.1 Å². The van der Waals surface area contributed by atoms with Gasteiger partial charge in [-0.1, -0.05) is 24.3 Å². The van der Waals surface area contributed by atoms with E-state index in [0.29, 0.717) is 6.04 Å². The molecule has 0 radical (unpaired) electrons. The molecule has 4 heteroatoms. The first-order valence-corrected chi connectivity index (χ1v) is 6.43. The normalized spacial score (nSPS) is 22.3. The average molecular weight is 267 g/mol. The Labute approximate surface area is 114 Å². The smallest absolute Gasteiger partial charge is 0.237 e. The molecule has 1 atom stereocenters. The highest BCUT2D eigenvalue weighted by Gasteiger charge is 2.27. The summed E-state index contributed by atoms with van der Waals surface area (Å²) < 4.78 is 0. The van der Waals surface area contributed by atoms with Crippen LogP contribution in [0, 0.1) is 0 Å². The van der Waals surface area contributed by atoms with E-state index in [9.17, 15) is 4.79 Å². The summed E-state index contributed by atoms with van der Waals surface area (Å²) >= 11 is 0. The van der Waals surface area contributed by atoms with E-state index in [2.05, 4.69) is 34.9 Å². The monoisotopic (exact) mass is 266 g/mol. The molecule has 2 N–H and O–H groups in total. The fraction of sp³-hybridized carbons (Fsp3) is 0.500. The molecule has 1 fully saturated rings. The Bertz CT molecular complexity index is 405. The lowest BCUT2D eigenvalue weighted by atomic mass is 10.1. The SMILES string of the molecule is Cl.O=C(NC1Cc2ccccc2C1)C1CCCN1. The topological polar surface area (TPSA) is 41.1 Å². The molecule has 1 amide bonds. The van der Waals surface area contributed by atoms with Gasteiger partial charge in [-0.3, -0.25) is 4.79 Å². The molecular weight excluding hydrogens is 248 g/mol. The van der Waals surface area contributed by atoms with E-state index in [0.717, 1.165) is 32.2 Å². The van der Waals surface area contributed by atoms with Gasteiger partial charge in [0.2, 0.25) is 5.91 Å². The van der Waals surface area contributed by atoms with Crippen molar-refractivity contribution < 1.29 is 4.79 Å². The molecule has 0 spiro atoms. The van der Waals surface area contributed by atoms with Gasteiger partial charge in [-0.2, -0.15) is 0 Å². The van der Waals surface area contributed by atoms with Crippen LogP contribution in [-0.4, -0.2) is 24.5 Å². The molecule has 1 aliphatic heterocycles. The van der Waals surface area contributed by atoms with Crippen LogP contribution in [0.1, 0.15) is 24.0 Å². The lowest BCUT2D eigenvalue weighted by Gasteiger charge is -2.16. The van der Waals surface area contributed by atoms with Crippen molar-refractivity contribution in [1.82, 2.24) is 10.6 Å². The Morgan fingerprint density at radius 2 is 1.89 bits per heavy atom. The highest BCUT2D eigenvalue weighted by atomic mass is 35.5. The summed E-state index contributed by atoms with van der Waals surface area (Å²) in [6, 6.07) is 8.80. The molecule has 0 saturated carbocycles. The first kappa shape index (κ1) is 13.4. The fourth-order valence-electron chi connectivity index (χ4n) is 2.87. The standard InChI is InChI=1S/C14H18N2O.ClH/c17-14(13-6-3-7-15-13)16-12-8-10-4-1-2-5-11(10)9-12;/h1-2,4-5,12-13,15H,3,6-9H2,(H,16,17);1H. The van der Waals surface area contributed by atoms with Crippen molar-refractivity contribution in [2.45, 2.75) is 37.8 Å². The van der Waals surface area contributed by atoms with E-state index in [1.807, 2.05) is 0 Å². The molecule has 0 bridgehead atoms. The number of fused-ring (bicyclic) bond motifs is 1. The number of hydrogen-bond donors (Lipinski definition) is 2. The van der Waals surface area contributed by atoms with Crippen molar-refractivity contribution in [3.05, 3.63) is 35.4 Å². The summed E-state index contributed by atoms with van der Waals surface area (Å²) in [7, 11) is 0. The molecule has 0 aromatic heterocycles. The van der Waals surface area contributed by atoms with Crippen molar-refractivity contribution in [3.8, 4) is 0 Å². The summed E-state index contributed by atoms with van der Waals surface area (Å²) in [5, 5.41) is 6.41. The second-order valence-electron chi connectivity index (χ2n) is 5.03. The van der Waals surface area contributed by atoms with E-state index in [-0.39, 0.29) is 24.4 Å². The Morgan fingerprint density at radius 3 is 2.44 bits per heavy atom. The van der Waals surface area contributed by atoms with Gasteiger partial charge in [0.1, 0.15) is 0 Å². The van der Waals surface area contributed by atoms with Crippen LogP contribution in [0.3, 0.4) is 0 Å². The molecule has 1 unspecified atom stereocenters. The quantitative estimate of drug-likeness (QED) is 0.851. The van der Waals surface area contributed by atoms with Crippen LogP contribution in [0.4, 0.5) is 0 Å². The van der Waals surface area contributed by atoms with Crippen LogP contribution < -0.4 is 10.6 Å². The highest BCUT2D eigenvalue weighted by molar-refractivity contribution is 5.85. The molecule has 1 heterocycles. The molecule has 18 heavy (non-hydrogen) atoms. The van der Waals surface area contributed by atoms with Crippen molar-refractivity contribution in [2.75, 3.05) is 6.54 Å². The summed E-state index contributed by atoms with van der Waals surface area (Å²) in [5.41, 5.74) is 2.77.